The Hall–Kier alpha value is -1.14. The first-order chi connectivity index (χ1) is 8.25. The van der Waals surface area contributed by atoms with Crippen LogP contribution in [-0.4, -0.2) is 28.0 Å². The van der Waals surface area contributed by atoms with Crippen LogP contribution in [0.2, 0.25) is 0 Å². The molecular formula is C11H11F2N3S. The highest BCUT2D eigenvalue weighted by Crippen LogP contribution is 2.24. The molecule has 1 aliphatic heterocycles. The van der Waals surface area contributed by atoms with Gasteiger partial charge in [-0.05, 0) is 12.1 Å². The highest BCUT2D eigenvalue weighted by molar-refractivity contribution is 7.99. The van der Waals surface area contributed by atoms with Gasteiger partial charge in [0.25, 0.3) is 0 Å². The largest absolute Gasteiger partial charge is 0.341 e. The number of aromatic amines is 1. The van der Waals surface area contributed by atoms with Gasteiger partial charge in [0.2, 0.25) is 0 Å². The van der Waals surface area contributed by atoms with Gasteiger partial charge in [-0.3, -0.25) is 0 Å². The van der Waals surface area contributed by atoms with E-state index >= 15 is 0 Å². The minimum Gasteiger partial charge on any atom is -0.341 e. The van der Waals surface area contributed by atoms with E-state index in [0.717, 1.165) is 24.1 Å². The van der Waals surface area contributed by atoms with Crippen LogP contribution < -0.4 is 5.32 Å². The Balaban J connectivity index is 2.04. The maximum atomic E-state index is 13.5. The van der Waals surface area contributed by atoms with E-state index < -0.39 is 11.6 Å². The SMILES string of the molecule is Fc1ccc2[nH]c(C3CSCCN3)nc2c1F. The molecule has 2 N–H and O–H groups in total. The fourth-order valence-electron chi connectivity index (χ4n) is 1.94. The monoisotopic (exact) mass is 255 g/mol. The highest BCUT2D eigenvalue weighted by atomic mass is 32.2. The van der Waals surface area contributed by atoms with Crippen molar-refractivity contribution in [3.05, 3.63) is 29.6 Å². The van der Waals surface area contributed by atoms with Gasteiger partial charge in [0, 0.05) is 18.1 Å². The van der Waals surface area contributed by atoms with E-state index in [-0.39, 0.29) is 11.6 Å². The topological polar surface area (TPSA) is 40.7 Å². The van der Waals surface area contributed by atoms with Crippen LogP contribution in [0.1, 0.15) is 11.9 Å². The molecule has 1 fully saturated rings. The van der Waals surface area contributed by atoms with Crippen LogP contribution in [0, 0.1) is 11.6 Å². The molecule has 1 saturated heterocycles. The number of rotatable bonds is 1. The summed E-state index contributed by atoms with van der Waals surface area (Å²) < 4.78 is 26.5. The summed E-state index contributed by atoms with van der Waals surface area (Å²) in [7, 11) is 0. The van der Waals surface area contributed by atoms with E-state index in [1.54, 1.807) is 0 Å². The molecule has 0 amide bonds. The van der Waals surface area contributed by atoms with Crippen LogP contribution >= 0.6 is 11.8 Å². The zero-order valence-electron chi connectivity index (χ0n) is 8.96. The molecule has 3 rings (SSSR count). The third-order valence-electron chi connectivity index (χ3n) is 2.82. The zero-order valence-corrected chi connectivity index (χ0v) is 9.78. The van der Waals surface area contributed by atoms with Crippen molar-refractivity contribution in [1.82, 2.24) is 15.3 Å². The molecule has 0 radical (unpaired) electrons. The van der Waals surface area contributed by atoms with E-state index in [2.05, 4.69) is 15.3 Å². The fourth-order valence-corrected chi connectivity index (χ4v) is 2.88. The van der Waals surface area contributed by atoms with Crippen molar-refractivity contribution in [2.24, 2.45) is 0 Å². The number of hydrogen-bond donors (Lipinski definition) is 2. The summed E-state index contributed by atoms with van der Waals surface area (Å²) in [6, 6.07) is 2.71. The number of fused-ring (bicyclic) bond motifs is 1. The fraction of sp³-hybridized carbons (Fsp3) is 0.364. The average molecular weight is 255 g/mol. The van der Waals surface area contributed by atoms with Crippen molar-refractivity contribution in [3.63, 3.8) is 0 Å². The molecule has 0 spiro atoms. The van der Waals surface area contributed by atoms with Crippen molar-refractivity contribution in [2.45, 2.75) is 6.04 Å². The molecular weight excluding hydrogens is 244 g/mol. The van der Waals surface area contributed by atoms with Crippen molar-refractivity contribution in [3.8, 4) is 0 Å². The summed E-state index contributed by atoms with van der Waals surface area (Å²) >= 11 is 1.82. The summed E-state index contributed by atoms with van der Waals surface area (Å²) in [6.45, 7) is 0.906. The standard InChI is InChI=1S/C11H11F2N3S/c12-6-1-2-7-10(9(6)13)16-11(15-7)8-5-17-4-3-14-8/h1-2,8,14H,3-5H2,(H,15,16). The Kier molecular flexibility index (Phi) is 2.76. The molecule has 2 heterocycles. The molecule has 3 nitrogen and oxygen atoms in total. The predicted octanol–water partition coefficient (Wildman–Crippen LogP) is 2.22. The molecule has 17 heavy (non-hydrogen) atoms. The second-order valence-corrected chi connectivity index (χ2v) is 5.11. The van der Waals surface area contributed by atoms with Crippen LogP contribution in [0.5, 0.6) is 0 Å². The summed E-state index contributed by atoms with van der Waals surface area (Å²) in [5.74, 6) is 0.899. The molecule has 0 bridgehead atoms. The predicted molar refractivity (Wildman–Crippen MR) is 64.1 cm³/mol. The first kappa shape index (κ1) is 11.0. The normalized spacial score (nSPS) is 20.9. The Labute approximate surface area is 101 Å². The first-order valence-corrected chi connectivity index (χ1v) is 6.56. The molecule has 1 unspecified atom stereocenters. The summed E-state index contributed by atoms with van der Waals surface area (Å²) in [6.07, 6.45) is 0. The number of benzene rings is 1. The van der Waals surface area contributed by atoms with Crippen molar-refractivity contribution >= 4 is 22.8 Å². The van der Waals surface area contributed by atoms with E-state index in [1.165, 1.54) is 6.07 Å². The molecule has 2 aromatic rings. The second kappa shape index (κ2) is 4.27. The summed E-state index contributed by atoms with van der Waals surface area (Å²) in [4.78, 5) is 7.19. The molecule has 0 saturated carbocycles. The average Bonchev–Trinajstić information content (AvgIpc) is 2.80. The van der Waals surface area contributed by atoms with Gasteiger partial charge < -0.3 is 10.3 Å². The zero-order chi connectivity index (χ0) is 11.8. The van der Waals surface area contributed by atoms with E-state index in [9.17, 15) is 8.78 Å². The summed E-state index contributed by atoms with van der Waals surface area (Å²) in [5, 5.41) is 3.30. The molecule has 1 atom stereocenters. The van der Waals surface area contributed by atoms with Crippen molar-refractivity contribution < 1.29 is 8.78 Å². The molecule has 90 valence electrons. The summed E-state index contributed by atoms with van der Waals surface area (Å²) in [5.41, 5.74) is 0.619. The lowest BCUT2D eigenvalue weighted by atomic mass is 10.3. The second-order valence-electron chi connectivity index (χ2n) is 3.96. The number of halogens is 2. The van der Waals surface area contributed by atoms with Crippen molar-refractivity contribution in [2.75, 3.05) is 18.1 Å². The number of thioether (sulfide) groups is 1. The van der Waals surface area contributed by atoms with E-state index in [4.69, 9.17) is 0 Å². The van der Waals surface area contributed by atoms with Gasteiger partial charge >= 0.3 is 0 Å². The molecule has 1 aliphatic rings. The third kappa shape index (κ3) is 1.91. The van der Waals surface area contributed by atoms with Gasteiger partial charge in [0.05, 0.1) is 11.6 Å². The number of H-pyrrole nitrogens is 1. The van der Waals surface area contributed by atoms with Crippen LogP contribution in [0.3, 0.4) is 0 Å². The number of nitrogens with zero attached hydrogens (tertiary/aromatic N) is 1. The van der Waals surface area contributed by atoms with Crippen molar-refractivity contribution in [1.29, 1.82) is 0 Å². The third-order valence-corrected chi connectivity index (χ3v) is 3.88. The van der Waals surface area contributed by atoms with Crippen LogP contribution in [0.25, 0.3) is 11.0 Å². The number of aromatic nitrogens is 2. The maximum Gasteiger partial charge on any atom is 0.186 e. The van der Waals surface area contributed by atoms with Gasteiger partial charge in [-0.2, -0.15) is 11.8 Å². The van der Waals surface area contributed by atoms with Crippen LogP contribution in [0.4, 0.5) is 8.78 Å². The van der Waals surface area contributed by atoms with Gasteiger partial charge in [-0.15, -0.1) is 0 Å². The number of hydrogen-bond acceptors (Lipinski definition) is 3. The highest BCUT2D eigenvalue weighted by Gasteiger charge is 2.20. The lowest BCUT2D eigenvalue weighted by Crippen LogP contribution is -2.30. The number of nitrogens with one attached hydrogen (secondary N) is 2. The van der Waals surface area contributed by atoms with Gasteiger partial charge in [0.15, 0.2) is 11.6 Å². The Bertz CT molecular complexity index is 549. The Morgan fingerprint density at radius 3 is 3.00 bits per heavy atom. The lowest BCUT2D eigenvalue weighted by Gasteiger charge is -2.20. The van der Waals surface area contributed by atoms with Crippen LogP contribution in [0.15, 0.2) is 12.1 Å². The Morgan fingerprint density at radius 1 is 1.35 bits per heavy atom. The first-order valence-electron chi connectivity index (χ1n) is 5.40. The molecule has 1 aromatic heterocycles. The van der Waals surface area contributed by atoms with Gasteiger partial charge in [-0.25, -0.2) is 13.8 Å². The number of imidazole rings is 1. The van der Waals surface area contributed by atoms with Gasteiger partial charge in [0.1, 0.15) is 11.3 Å². The van der Waals surface area contributed by atoms with Gasteiger partial charge in [-0.1, -0.05) is 0 Å². The van der Waals surface area contributed by atoms with Crippen LogP contribution in [-0.2, 0) is 0 Å². The molecule has 6 heteroatoms. The lowest BCUT2D eigenvalue weighted by molar-refractivity contribution is 0.515. The smallest absolute Gasteiger partial charge is 0.186 e. The quantitative estimate of drug-likeness (QED) is 0.821. The molecule has 1 aromatic carbocycles. The molecule has 0 aliphatic carbocycles. The Morgan fingerprint density at radius 2 is 2.24 bits per heavy atom. The minimum absolute atomic E-state index is 0.0809. The maximum absolute atomic E-state index is 13.5. The van der Waals surface area contributed by atoms with E-state index in [1.807, 2.05) is 11.8 Å². The van der Waals surface area contributed by atoms with E-state index in [0.29, 0.717) is 11.3 Å². The minimum atomic E-state index is -0.881.